The molecule has 190 valence electrons. The molecule has 0 heterocycles. The van der Waals surface area contributed by atoms with Gasteiger partial charge in [0.25, 0.3) is 0 Å². The van der Waals surface area contributed by atoms with E-state index in [4.69, 9.17) is 15.0 Å². The standard InChI is InChI=1S/C26H30N4O6/c1-16(2)13-23(24(31)32)36-25(33)17(11-12-29-30-27)14-28-26(34)35-15-22-20-9-5-3-7-18(20)19-8-4-6-10-21(19)22/h3-10,16-17,22-23H,11-15H2,1-2H3,(H,28,34)(H,31,32)/t17-,23+/m1/s1. The minimum Gasteiger partial charge on any atom is -0.479 e. The number of hydrogen-bond donors (Lipinski definition) is 2. The van der Waals surface area contributed by atoms with Crippen LogP contribution in [0.1, 0.15) is 43.7 Å². The van der Waals surface area contributed by atoms with Crippen molar-refractivity contribution in [1.82, 2.24) is 5.32 Å². The zero-order valence-electron chi connectivity index (χ0n) is 20.3. The first kappa shape index (κ1) is 26.6. The number of esters is 1. The van der Waals surface area contributed by atoms with Crippen LogP contribution < -0.4 is 5.32 Å². The Hall–Kier alpha value is -4.04. The van der Waals surface area contributed by atoms with Gasteiger partial charge in [-0.25, -0.2) is 9.59 Å². The number of azide groups is 1. The molecule has 2 N–H and O–H groups in total. The molecule has 1 aliphatic rings. The zero-order valence-corrected chi connectivity index (χ0v) is 20.3. The smallest absolute Gasteiger partial charge is 0.407 e. The van der Waals surface area contributed by atoms with E-state index >= 15 is 0 Å². The average molecular weight is 495 g/mol. The Morgan fingerprint density at radius 2 is 1.69 bits per heavy atom. The molecule has 1 aliphatic carbocycles. The monoisotopic (exact) mass is 494 g/mol. The molecule has 0 spiro atoms. The Kier molecular flexibility index (Phi) is 9.30. The maximum atomic E-state index is 12.7. The summed E-state index contributed by atoms with van der Waals surface area (Å²) in [5, 5.41) is 15.4. The molecule has 0 aliphatic heterocycles. The van der Waals surface area contributed by atoms with E-state index in [-0.39, 0.29) is 44.4 Å². The topological polar surface area (TPSA) is 151 Å². The lowest BCUT2D eigenvalue weighted by atomic mass is 9.98. The number of nitrogens with zero attached hydrogens (tertiary/aromatic N) is 3. The van der Waals surface area contributed by atoms with Gasteiger partial charge < -0.3 is 19.9 Å². The fourth-order valence-electron chi connectivity index (χ4n) is 4.28. The van der Waals surface area contributed by atoms with Gasteiger partial charge in [0, 0.05) is 23.9 Å². The minimum atomic E-state index is -1.30. The highest BCUT2D eigenvalue weighted by Crippen LogP contribution is 2.44. The number of carboxylic acids is 1. The van der Waals surface area contributed by atoms with Crippen molar-refractivity contribution >= 4 is 18.0 Å². The lowest BCUT2D eigenvalue weighted by Gasteiger charge is -2.21. The molecule has 10 heteroatoms. The number of nitrogens with one attached hydrogen (secondary N) is 1. The second-order valence-corrected chi connectivity index (χ2v) is 9.04. The molecule has 0 unspecified atom stereocenters. The number of alkyl carbamates (subject to hydrolysis) is 1. The fraction of sp³-hybridized carbons (Fsp3) is 0.423. The Bertz CT molecular complexity index is 1100. The highest BCUT2D eigenvalue weighted by atomic mass is 16.6. The van der Waals surface area contributed by atoms with Crippen LogP contribution in [0.2, 0.25) is 0 Å². The zero-order chi connectivity index (χ0) is 26.1. The van der Waals surface area contributed by atoms with Gasteiger partial charge in [-0.3, -0.25) is 4.79 Å². The summed E-state index contributed by atoms with van der Waals surface area (Å²) in [7, 11) is 0. The number of benzene rings is 2. The number of carboxylic acid groups (broad SMARTS) is 1. The lowest BCUT2D eigenvalue weighted by Crippen LogP contribution is -2.38. The summed E-state index contributed by atoms with van der Waals surface area (Å²) in [4.78, 5) is 39.3. The number of fused-ring (bicyclic) bond motifs is 3. The van der Waals surface area contributed by atoms with Gasteiger partial charge in [0.1, 0.15) is 6.61 Å². The van der Waals surface area contributed by atoms with Gasteiger partial charge in [-0.15, -0.1) is 0 Å². The van der Waals surface area contributed by atoms with Crippen molar-refractivity contribution in [1.29, 1.82) is 0 Å². The van der Waals surface area contributed by atoms with Crippen molar-refractivity contribution in [2.75, 3.05) is 19.7 Å². The summed E-state index contributed by atoms with van der Waals surface area (Å²) in [6, 6.07) is 15.9. The summed E-state index contributed by atoms with van der Waals surface area (Å²) in [5.41, 5.74) is 12.9. The van der Waals surface area contributed by atoms with Crippen LogP contribution in [0.4, 0.5) is 4.79 Å². The third-order valence-electron chi connectivity index (χ3n) is 6.03. The molecule has 0 fully saturated rings. The maximum Gasteiger partial charge on any atom is 0.407 e. The summed E-state index contributed by atoms with van der Waals surface area (Å²) < 4.78 is 10.7. The fourth-order valence-corrected chi connectivity index (χ4v) is 4.28. The summed E-state index contributed by atoms with van der Waals surface area (Å²) >= 11 is 0. The first-order valence-corrected chi connectivity index (χ1v) is 11.8. The van der Waals surface area contributed by atoms with Crippen LogP contribution in [-0.2, 0) is 19.1 Å². The number of ether oxygens (including phenoxy) is 2. The molecule has 2 aromatic rings. The normalized spacial score (nSPS) is 13.6. The molecule has 1 amide bonds. The predicted octanol–water partition coefficient (Wildman–Crippen LogP) is 4.88. The third kappa shape index (κ3) is 6.76. The molecule has 0 aromatic heterocycles. The van der Waals surface area contributed by atoms with Crippen LogP contribution in [0.5, 0.6) is 0 Å². The van der Waals surface area contributed by atoms with Crippen molar-refractivity contribution in [2.45, 2.75) is 38.7 Å². The number of hydrogen-bond acceptors (Lipinski definition) is 6. The third-order valence-corrected chi connectivity index (χ3v) is 6.03. The van der Waals surface area contributed by atoms with Gasteiger partial charge in [-0.1, -0.05) is 67.5 Å². The summed E-state index contributed by atoms with van der Waals surface area (Å²) in [5.74, 6) is -3.03. The van der Waals surface area contributed by atoms with Crippen LogP contribution in [0.3, 0.4) is 0 Å². The summed E-state index contributed by atoms with van der Waals surface area (Å²) in [6.07, 6.45) is -1.77. The number of rotatable bonds is 12. The molecule has 0 saturated heterocycles. The quantitative estimate of drug-likeness (QED) is 0.186. The van der Waals surface area contributed by atoms with Crippen molar-refractivity contribution in [2.24, 2.45) is 17.0 Å². The SMILES string of the molecule is CC(C)C[C@H](OC(=O)[C@H](CCN=[N+]=[N-])CNC(=O)OCC1c2ccccc2-c2ccccc21)C(=O)O. The first-order valence-electron chi connectivity index (χ1n) is 11.8. The van der Waals surface area contributed by atoms with Crippen LogP contribution in [0.15, 0.2) is 53.6 Å². The Labute approximate surface area is 209 Å². The second-order valence-electron chi connectivity index (χ2n) is 9.04. The van der Waals surface area contributed by atoms with Gasteiger partial charge in [0.2, 0.25) is 0 Å². The number of amides is 1. The highest BCUT2D eigenvalue weighted by Gasteiger charge is 2.30. The Balaban J connectivity index is 1.60. The van der Waals surface area contributed by atoms with E-state index < -0.39 is 30.1 Å². The van der Waals surface area contributed by atoms with E-state index in [1.807, 2.05) is 62.4 Å². The molecule has 36 heavy (non-hydrogen) atoms. The first-order chi connectivity index (χ1) is 17.3. The number of carbonyl (C=O) groups excluding carboxylic acids is 2. The average Bonchev–Trinajstić information content (AvgIpc) is 3.17. The van der Waals surface area contributed by atoms with Gasteiger partial charge in [0.05, 0.1) is 5.92 Å². The molecular weight excluding hydrogens is 464 g/mol. The molecule has 10 nitrogen and oxygen atoms in total. The molecule has 0 radical (unpaired) electrons. The molecule has 3 rings (SSSR count). The van der Waals surface area contributed by atoms with E-state index in [2.05, 4.69) is 15.3 Å². The van der Waals surface area contributed by atoms with Crippen LogP contribution >= 0.6 is 0 Å². The number of carbonyl (C=O) groups is 3. The van der Waals surface area contributed by atoms with Gasteiger partial charge in [-0.05, 0) is 46.5 Å². The van der Waals surface area contributed by atoms with E-state index in [1.165, 1.54) is 0 Å². The van der Waals surface area contributed by atoms with Crippen molar-refractivity contribution < 1.29 is 29.0 Å². The second kappa shape index (κ2) is 12.6. The van der Waals surface area contributed by atoms with E-state index in [0.717, 1.165) is 22.3 Å². The number of aliphatic carboxylic acids is 1. The van der Waals surface area contributed by atoms with Gasteiger partial charge in [-0.2, -0.15) is 0 Å². The molecule has 0 bridgehead atoms. The minimum absolute atomic E-state index is 0.000472. The Morgan fingerprint density at radius 3 is 2.25 bits per heavy atom. The Morgan fingerprint density at radius 1 is 1.08 bits per heavy atom. The maximum absolute atomic E-state index is 12.7. The van der Waals surface area contributed by atoms with Crippen LogP contribution in [0.25, 0.3) is 21.6 Å². The van der Waals surface area contributed by atoms with Gasteiger partial charge in [0.15, 0.2) is 6.10 Å². The highest BCUT2D eigenvalue weighted by molar-refractivity contribution is 5.80. The lowest BCUT2D eigenvalue weighted by molar-refractivity contribution is -0.168. The van der Waals surface area contributed by atoms with E-state index in [0.29, 0.717) is 0 Å². The van der Waals surface area contributed by atoms with Crippen LogP contribution in [-0.4, -0.2) is 48.9 Å². The molecule has 2 atom stereocenters. The molecule has 0 saturated carbocycles. The van der Waals surface area contributed by atoms with E-state index in [9.17, 15) is 19.5 Å². The largest absolute Gasteiger partial charge is 0.479 e. The van der Waals surface area contributed by atoms with Crippen LogP contribution in [0, 0.1) is 11.8 Å². The van der Waals surface area contributed by atoms with Crippen molar-refractivity contribution in [3.63, 3.8) is 0 Å². The predicted molar refractivity (Wildman–Crippen MR) is 132 cm³/mol. The van der Waals surface area contributed by atoms with Crippen molar-refractivity contribution in [3.05, 3.63) is 70.1 Å². The molecular formula is C26H30N4O6. The molecule has 2 aromatic carbocycles. The van der Waals surface area contributed by atoms with Gasteiger partial charge >= 0.3 is 18.0 Å². The van der Waals surface area contributed by atoms with E-state index in [1.54, 1.807) is 0 Å². The summed E-state index contributed by atoms with van der Waals surface area (Å²) in [6.45, 7) is 3.60. The van der Waals surface area contributed by atoms with Crippen molar-refractivity contribution in [3.8, 4) is 11.1 Å².